The summed E-state index contributed by atoms with van der Waals surface area (Å²) in [4.78, 5) is 36.5. The van der Waals surface area contributed by atoms with Crippen molar-refractivity contribution in [3.05, 3.63) is 108 Å². The fraction of sp³-hybridized carbons (Fsp3) is 0.0714. The third kappa shape index (κ3) is 5.40. The summed E-state index contributed by atoms with van der Waals surface area (Å²) in [6, 6.07) is 23.6. The summed E-state index contributed by atoms with van der Waals surface area (Å²) in [5.74, 6) is 1.29. The average Bonchev–Trinajstić information content (AvgIpc) is 3.26. The number of nitrogen functional groups attached to an aromatic ring is 1. The summed E-state index contributed by atoms with van der Waals surface area (Å²) < 4.78 is 11.7. The van der Waals surface area contributed by atoms with Crippen LogP contribution in [0, 0.1) is 0 Å². The van der Waals surface area contributed by atoms with Gasteiger partial charge in [-0.05, 0) is 54.6 Å². The van der Waals surface area contributed by atoms with Crippen LogP contribution < -0.4 is 24.6 Å². The van der Waals surface area contributed by atoms with Crippen molar-refractivity contribution in [1.29, 1.82) is 0 Å². The maximum atomic E-state index is 13.9. The molecule has 0 aliphatic heterocycles. The van der Waals surface area contributed by atoms with Crippen molar-refractivity contribution in [2.75, 3.05) is 24.2 Å². The summed E-state index contributed by atoms with van der Waals surface area (Å²) in [5.41, 5.74) is 8.30. The van der Waals surface area contributed by atoms with Crippen LogP contribution >= 0.6 is 22.9 Å². The van der Waals surface area contributed by atoms with Crippen LogP contribution in [0.3, 0.4) is 0 Å². The number of aromatic nitrogens is 4. The molecule has 0 atom stereocenters. The van der Waals surface area contributed by atoms with Gasteiger partial charge in [0, 0.05) is 48.2 Å². The molecular weight excluding hydrogens is 609 g/mol. The zero-order valence-electron chi connectivity index (χ0n) is 20.9. The second-order valence-corrected chi connectivity index (χ2v) is 9.21. The molecule has 0 spiro atoms. The van der Waals surface area contributed by atoms with Gasteiger partial charge in [-0.2, -0.15) is 0 Å². The number of benzene rings is 3. The number of imidazole rings is 1. The second-order valence-electron chi connectivity index (χ2n) is 8.45. The van der Waals surface area contributed by atoms with Gasteiger partial charge in [-0.25, -0.2) is 19.3 Å². The summed E-state index contributed by atoms with van der Waals surface area (Å²) >= 11 is 2.01. The number of carbonyl (C=O) groups excluding carboxylic acids is 1. The standard InChI is InChI=1S/C28H24IN7O3/c1-34(24(37)11-6-16-33-29)20-7-5-8-21(17-20)36-27-25(26(30)31-18-32-27)35(28(36)38)19-12-14-23(15-13-19)39-22-9-3-2-4-10-22/h2-15,17-18,33H,16H2,1H3,(H2,30,31,32)/b11-6+. The minimum Gasteiger partial charge on any atom is -0.457 e. The van der Waals surface area contributed by atoms with E-state index in [0.29, 0.717) is 46.3 Å². The lowest BCUT2D eigenvalue weighted by Crippen LogP contribution is -2.25. The lowest BCUT2D eigenvalue weighted by molar-refractivity contribution is -0.113. The van der Waals surface area contributed by atoms with Crippen molar-refractivity contribution in [3.8, 4) is 22.9 Å². The molecule has 0 aliphatic carbocycles. The molecule has 5 rings (SSSR count). The molecule has 10 nitrogen and oxygen atoms in total. The zero-order chi connectivity index (χ0) is 27.4. The van der Waals surface area contributed by atoms with E-state index in [1.807, 2.05) is 53.2 Å². The van der Waals surface area contributed by atoms with E-state index in [9.17, 15) is 9.59 Å². The number of nitrogens with two attached hydrogens (primary N) is 1. The van der Waals surface area contributed by atoms with Crippen molar-refractivity contribution in [3.63, 3.8) is 0 Å². The first-order chi connectivity index (χ1) is 19.0. The Balaban J connectivity index is 1.56. The highest BCUT2D eigenvalue weighted by molar-refractivity contribution is 14.1. The van der Waals surface area contributed by atoms with Crippen LogP contribution in [0.15, 0.2) is 102 Å². The van der Waals surface area contributed by atoms with Crippen molar-refractivity contribution >= 4 is 51.4 Å². The minimum absolute atomic E-state index is 0.165. The van der Waals surface area contributed by atoms with E-state index >= 15 is 0 Å². The van der Waals surface area contributed by atoms with Gasteiger partial charge < -0.3 is 15.4 Å². The molecule has 2 aromatic heterocycles. The molecule has 0 saturated carbocycles. The van der Waals surface area contributed by atoms with Crippen LogP contribution in [-0.4, -0.2) is 38.6 Å². The van der Waals surface area contributed by atoms with Gasteiger partial charge in [-0.1, -0.05) is 30.3 Å². The summed E-state index contributed by atoms with van der Waals surface area (Å²) in [6.07, 6.45) is 4.55. The Morgan fingerprint density at radius 1 is 1.00 bits per heavy atom. The molecule has 0 fully saturated rings. The Morgan fingerprint density at radius 3 is 2.49 bits per heavy atom. The number of ether oxygens (including phenoxy) is 1. The van der Waals surface area contributed by atoms with E-state index in [1.165, 1.54) is 26.4 Å². The summed E-state index contributed by atoms with van der Waals surface area (Å²) in [6.45, 7) is 0.565. The molecule has 196 valence electrons. The van der Waals surface area contributed by atoms with E-state index in [-0.39, 0.29) is 17.4 Å². The third-order valence-electron chi connectivity index (χ3n) is 5.98. The molecule has 0 saturated heterocycles. The molecule has 3 aromatic carbocycles. The van der Waals surface area contributed by atoms with E-state index in [2.05, 4.69) is 13.5 Å². The zero-order valence-corrected chi connectivity index (χ0v) is 23.0. The van der Waals surface area contributed by atoms with Gasteiger partial charge >= 0.3 is 5.69 Å². The van der Waals surface area contributed by atoms with Gasteiger partial charge in [-0.15, -0.1) is 0 Å². The topological polar surface area (TPSA) is 120 Å². The lowest BCUT2D eigenvalue weighted by Gasteiger charge is -2.16. The number of hydrogen-bond acceptors (Lipinski definition) is 7. The Morgan fingerprint density at radius 2 is 1.74 bits per heavy atom. The van der Waals surface area contributed by atoms with E-state index in [4.69, 9.17) is 10.5 Å². The smallest absolute Gasteiger partial charge is 0.339 e. The molecular formula is C28H24IN7O3. The highest BCUT2D eigenvalue weighted by Crippen LogP contribution is 2.27. The molecule has 0 bridgehead atoms. The molecule has 11 heteroatoms. The van der Waals surface area contributed by atoms with Gasteiger partial charge in [0.25, 0.3) is 0 Å². The SMILES string of the molecule is CN(C(=O)/C=C/CNI)c1cccc(-n2c(=O)n(-c3ccc(Oc4ccccc4)cc3)c3c(N)ncnc32)c1. The number of para-hydroxylation sites is 1. The largest absolute Gasteiger partial charge is 0.457 e. The highest BCUT2D eigenvalue weighted by atomic mass is 127. The Bertz CT molecular complexity index is 1710. The van der Waals surface area contributed by atoms with Crippen molar-refractivity contribution in [2.45, 2.75) is 0 Å². The van der Waals surface area contributed by atoms with Gasteiger partial charge in [-0.3, -0.25) is 12.9 Å². The fourth-order valence-corrected chi connectivity index (χ4v) is 4.35. The molecule has 5 aromatic rings. The highest BCUT2D eigenvalue weighted by Gasteiger charge is 2.21. The predicted octanol–water partition coefficient (Wildman–Crippen LogP) is 4.40. The van der Waals surface area contributed by atoms with Crippen LogP contribution in [0.2, 0.25) is 0 Å². The number of fused-ring (bicyclic) bond motifs is 1. The van der Waals surface area contributed by atoms with E-state index < -0.39 is 0 Å². The Kier molecular flexibility index (Phi) is 7.70. The fourth-order valence-electron chi connectivity index (χ4n) is 4.09. The van der Waals surface area contributed by atoms with Gasteiger partial charge in [0.2, 0.25) is 5.91 Å². The Hall–Kier alpha value is -4.49. The van der Waals surface area contributed by atoms with Gasteiger partial charge in [0.15, 0.2) is 11.5 Å². The van der Waals surface area contributed by atoms with Gasteiger partial charge in [0.1, 0.15) is 23.3 Å². The molecule has 0 radical (unpaired) electrons. The minimum atomic E-state index is -0.381. The second kappa shape index (κ2) is 11.5. The quantitative estimate of drug-likeness (QED) is 0.148. The summed E-state index contributed by atoms with van der Waals surface area (Å²) in [7, 11) is 1.68. The first-order valence-corrected chi connectivity index (χ1v) is 13.0. The normalized spacial score (nSPS) is 11.2. The maximum absolute atomic E-state index is 13.9. The maximum Gasteiger partial charge on any atom is 0.339 e. The number of anilines is 2. The first kappa shape index (κ1) is 26.1. The van der Waals surface area contributed by atoms with E-state index in [0.717, 1.165) is 0 Å². The van der Waals surface area contributed by atoms with Crippen molar-refractivity contribution in [1.82, 2.24) is 22.6 Å². The number of rotatable bonds is 8. The number of carbonyl (C=O) groups is 1. The average molecular weight is 633 g/mol. The number of amides is 1. The number of halogens is 1. The summed E-state index contributed by atoms with van der Waals surface area (Å²) in [5, 5.41) is 0. The predicted molar refractivity (Wildman–Crippen MR) is 160 cm³/mol. The van der Waals surface area contributed by atoms with Crippen molar-refractivity contribution in [2.24, 2.45) is 0 Å². The van der Waals surface area contributed by atoms with Crippen LogP contribution in [0.4, 0.5) is 11.5 Å². The number of nitrogens with zero attached hydrogens (tertiary/aromatic N) is 5. The van der Waals surface area contributed by atoms with Gasteiger partial charge in [0.05, 0.1) is 11.4 Å². The number of likely N-dealkylation sites (N-methyl/N-ethyl adjacent to an activating group) is 1. The van der Waals surface area contributed by atoms with Crippen LogP contribution in [0.1, 0.15) is 0 Å². The first-order valence-electron chi connectivity index (χ1n) is 11.9. The molecule has 3 N–H and O–H groups in total. The van der Waals surface area contributed by atoms with Crippen LogP contribution in [-0.2, 0) is 4.79 Å². The molecule has 0 aliphatic rings. The number of hydrogen-bond donors (Lipinski definition) is 2. The van der Waals surface area contributed by atoms with Crippen LogP contribution in [0.5, 0.6) is 11.5 Å². The number of nitrogens with one attached hydrogen (secondary N) is 1. The molecule has 39 heavy (non-hydrogen) atoms. The lowest BCUT2D eigenvalue weighted by atomic mass is 10.2. The molecule has 2 heterocycles. The molecule has 1 amide bonds. The van der Waals surface area contributed by atoms with Crippen molar-refractivity contribution < 1.29 is 9.53 Å². The third-order valence-corrected chi connectivity index (χ3v) is 6.42. The van der Waals surface area contributed by atoms with Crippen LogP contribution in [0.25, 0.3) is 22.5 Å². The monoisotopic (exact) mass is 633 g/mol. The molecule has 0 unspecified atom stereocenters. The Labute approximate surface area is 237 Å². The van der Waals surface area contributed by atoms with E-state index in [1.54, 1.807) is 61.7 Å².